The van der Waals surface area contributed by atoms with E-state index in [2.05, 4.69) is 48.7 Å². The van der Waals surface area contributed by atoms with Crippen LogP contribution >= 0.6 is 0 Å². The molecule has 0 fully saturated rings. The monoisotopic (exact) mass is 262 g/mol. The Morgan fingerprint density at radius 2 is 1.89 bits per heavy atom. The zero-order valence-electron chi connectivity index (χ0n) is 12.3. The summed E-state index contributed by atoms with van der Waals surface area (Å²) in [7, 11) is 1.78. The topological polar surface area (TPSA) is 41.1 Å². The van der Waals surface area contributed by atoms with Crippen molar-refractivity contribution in [1.82, 2.24) is 10.6 Å². The van der Waals surface area contributed by atoms with Crippen molar-refractivity contribution >= 4 is 5.91 Å². The number of hydrogen-bond donors (Lipinski definition) is 2. The molecule has 1 rings (SSSR count). The van der Waals surface area contributed by atoms with E-state index >= 15 is 0 Å². The molecule has 3 nitrogen and oxygen atoms in total. The van der Waals surface area contributed by atoms with Gasteiger partial charge in [-0.15, -0.1) is 0 Å². The van der Waals surface area contributed by atoms with Crippen molar-refractivity contribution in [1.29, 1.82) is 0 Å². The van der Waals surface area contributed by atoms with Gasteiger partial charge in [0.05, 0.1) is 6.54 Å². The second-order valence-electron chi connectivity index (χ2n) is 5.81. The molecule has 0 aliphatic carbocycles. The Morgan fingerprint density at radius 1 is 1.21 bits per heavy atom. The average molecular weight is 262 g/mol. The fraction of sp³-hybridized carbons (Fsp3) is 0.562. The first kappa shape index (κ1) is 15.7. The second-order valence-corrected chi connectivity index (χ2v) is 5.81. The lowest BCUT2D eigenvalue weighted by atomic mass is 9.86. The van der Waals surface area contributed by atoms with E-state index in [0.29, 0.717) is 6.54 Å². The summed E-state index contributed by atoms with van der Waals surface area (Å²) in [5.74, 6) is 0.0682. The largest absolute Gasteiger partial charge is 0.354 e. The Bertz CT molecular complexity index is 374. The van der Waals surface area contributed by atoms with Crippen LogP contribution < -0.4 is 10.6 Å². The van der Waals surface area contributed by atoms with Gasteiger partial charge in [-0.25, -0.2) is 0 Å². The molecule has 1 aromatic rings. The third-order valence-electron chi connectivity index (χ3n) is 3.26. The van der Waals surface area contributed by atoms with Crippen molar-refractivity contribution in [2.75, 3.05) is 20.1 Å². The van der Waals surface area contributed by atoms with E-state index in [1.807, 2.05) is 6.07 Å². The summed E-state index contributed by atoms with van der Waals surface area (Å²) in [6.45, 7) is 5.54. The number of aryl methyl sites for hydroxylation is 1. The van der Waals surface area contributed by atoms with Crippen LogP contribution in [-0.4, -0.2) is 26.0 Å². The van der Waals surface area contributed by atoms with Gasteiger partial charge < -0.3 is 10.6 Å². The predicted octanol–water partition coefficient (Wildman–Crippen LogP) is 2.37. The summed E-state index contributed by atoms with van der Waals surface area (Å²) < 4.78 is 0. The highest BCUT2D eigenvalue weighted by Gasteiger charge is 2.18. The van der Waals surface area contributed by atoms with Crippen LogP contribution in [0.2, 0.25) is 0 Å². The van der Waals surface area contributed by atoms with Crippen LogP contribution in [0, 0.1) is 5.41 Å². The Morgan fingerprint density at radius 3 is 2.53 bits per heavy atom. The van der Waals surface area contributed by atoms with Gasteiger partial charge >= 0.3 is 0 Å². The molecule has 19 heavy (non-hydrogen) atoms. The number of nitrogens with one attached hydrogen (secondary N) is 2. The van der Waals surface area contributed by atoms with Gasteiger partial charge in [0.1, 0.15) is 0 Å². The van der Waals surface area contributed by atoms with Crippen molar-refractivity contribution in [3.8, 4) is 0 Å². The molecule has 2 N–H and O–H groups in total. The minimum Gasteiger partial charge on any atom is -0.354 e. The summed E-state index contributed by atoms with van der Waals surface area (Å²) in [4.78, 5) is 11.4. The average Bonchev–Trinajstić information content (AvgIpc) is 2.38. The number of rotatable bonds is 8. The molecule has 0 atom stereocenters. The van der Waals surface area contributed by atoms with Crippen molar-refractivity contribution in [2.45, 2.75) is 33.1 Å². The smallest absolute Gasteiger partial charge is 0.233 e. The number of amides is 1. The van der Waals surface area contributed by atoms with Crippen molar-refractivity contribution in [2.24, 2.45) is 5.41 Å². The highest BCUT2D eigenvalue weighted by atomic mass is 16.1. The summed E-state index contributed by atoms with van der Waals surface area (Å²) in [6.07, 6.45) is 3.37. The van der Waals surface area contributed by atoms with E-state index in [9.17, 15) is 4.79 Å². The van der Waals surface area contributed by atoms with E-state index in [-0.39, 0.29) is 11.3 Å². The fourth-order valence-electron chi connectivity index (χ4n) is 2.07. The molecule has 1 aromatic carbocycles. The zero-order valence-corrected chi connectivity index (χ0v) is 12.3. The Balaban J connectivity index is 2.24. The number of hydrogen-bond acceptors (Lipinski definition) is 2. The van der Waals surface area contributed by atoms with Crippen LogP contribution in [0.4, 0.5) is 0 Å². The third-order valence-corrected chi connectivity index (χ3v) is 3.26. The maximum absolute atomic E-state index is 11.4. The van der Waals surface area contributed by atoms with E-state index in [1.165, 1.54) is 5.56 Å². The molecule has 106 valence electrons. The Labute approximate surface area is 116 Å². The van der Waals surface area contributed by atoms with Gasteiger partial charge in [0.15, 0.2) is 0 Å². The molecule has 0 bridgehead atoms. The molecule has 0 spiro atoms. The summed E-state index contributed by atoms with van der Waals surface area (Å²) in [5.41, 5.74) is 1.54. The molecule has 1 amide bonds. The molecule has 0 aliphatic heterocycles. The molecular formula is C16H26N2O. The summed E-state index contributed by atoms with van der Waals surface area (Å²) >= 11 is 0. The molecule has 0 unspecified atom stereocenters. The standard InChI is InChI=1S/C16H26N2O/c1-16(2,13-18-15(19)12-17-3)11-7-10-14-8-5-4-6-9-14/h4-6,8-9,17H,7,10-13H2,1-3H3,(H,18,19). The number of likely N-dealkylation sites (N-methyl/N-ethyl adjacent to an activating group) is 1. The van der Waals surface area contributed by atoms with Crippen molar-refractivity contribution in [3.63, 3.8) is 0 Å². The van der Waals surface area contributed by atoms with Gasteiger partial charge in [0, 0.05) is 6.54 Å². The van der Waals surface area contributed by atoms with Crippen LogP contribution in [0.15, 0.2) is 30.3 Å². The molecule has 3 heteroatoms. The summed E-state index contributed by atoms with van der Waals surface area (Å²) in [5, 5.41) is 5.83. The normalized spacial score (nSPS) is 11.3. The Hall–Kier alpha value is -1.35. The third kappa shape index (κ3) is 6.97. The maximum Gasteiger partial charge on any atom is 0.233 e. The van der Waals surface area contributed by atoms with Gasteiger partial charge in [-0.1, -0.05) is 44.2 Å². The minimum absolute atomic E-state index is 0.0682. The minimum atomic E-state index is 0.0682. The van der Waals surface area contributed by atoms with Gasteiger partial charge in [-0.3, -0.25) is 4.79 Å². The molecule has 0 saturated heterocycles. The van der Waals surface area contributed by atoms with Crippen LogP contribution in [0.3, 0.4) is 0 Å². The number of carbonyl (C=O) groups excluding carboxylic acids is 1. The molecule has 0 saturated carbocycles. The molecule has 0 aliphatic rings. The maximum atomic E-state index is 11.4. The number of carbonyl (C=O) groups is 1. The number of benzene rings is 1. The lowest BCUT2D eigenvalue weighted by molar-refractivity contribution is -0.120. The van der Waals surface area contributed by atoms with E-state index < -0.39 is 0 Å². The molecule has 0 aromatic heterocycles. The quantitative estimate of drug-likeness (QED) is 0.755. The molecule has 0 radical (unpaired) electrons. The highest BCUT2D eigenvalue weighted by molar-refractivity contribution is 5.77. The van der Waals surface area contributed by atoms with Crippen molar-refractivity contribution in [3.05, 3.63) is 35.9 Å². The molecular weight excluding hydrogens is 236 g/mol. The lowest BCUT2D eigenvalue weighted by Gasteiger charge is -2.25. The van der Waals surface area contributed by atoms with Gasteiger partial charge in [0.25, 0.3) is 0 Å². The fourth-order valence-corrected chi connectivity index (χ4v) is 2.07. The van der Waals surface area contributed by atoms with Crippen LogP contribution in [0.5, 0.6) is 0 Å². The zero-order chi connectivity index (χ0) is 14.1. The van der Waals surface area contributed by atoms with Gasteiger partial charge in [0.2, 0.25) is 5.91 Å². The van der Waals surface area contributed by atoms with E-state index in [4.69, 9.17) is 0 Å². The van der Waals surface area contributed by atoms with E-state index in [0.717, 1.165) is 25.8 Å². The molecule has 0 heterocycles. The first-order valence-electron chi connectivity index (χ1n) is 6.99. The second kappa shape index (κ2) is 7.95. The first-order valence-corrected chi connectivity index (χ1v) is 6.99. The van der Waals surface area contributed by atoms with Crippen LogP contribution in [0.25, 0.3) is 0 Å². The van der Waals surface area contributed by atoms with Gasteiger partial charge in [-0.05, 0) is 37.3 Å². The summed E-state index contributed by atoms with van der Waals surface area (Å²) in [6, 6.07) is 10.5. The van der Waals surface area contributed by atoms with Crippen LogP contribution in [0.1, 0.15) is 32.3 Å². The highest BCUT2D eigenvalue weighted by Crippen LogP contribution is 2.22. The van der Waals surface area contributed by atoms with E-state index in [1.54, 1.807) is 7.05 Å². The predicted molar refractivity (Wildman–Crippen MR) is 80.1 cm³/mol. The SMILES string of the molecule is CNCC(=O)NCC(C)(C)CCCc1ccccc1. The van der Waals surface area contributed by atoms with Crippen molar-refractivity contribution < 1.29 is 4.79 Å². The van der Waals surface area contributed by atoms with Crippen LogP contribution in [-0.2, 0) is 11.2 Å². The van der Waals surface area contributed by atoms with Gasteiger partial charge in [-0.2, -0.15) is 0 Å². The first-order chi connectivity index (χ1) is 9.03. The lowest BCUT2D eigenvalue weighted by Crippen LogP contribution is -2.38. The Kier molecular flexibility index (Phi) is 6.57.